The Morgan fingerprint density at radius 1 is 1.00 bits per heavy atom. The maximum atomic E-state index is 12.7. The fraction of sp³-hybridized carbons (Fsp3) is 0.0588. The summed E-state index contributed by atoms with van der Waals surface area (Å²) < 4.78 is 17.8. The zero-order valence-corrected chi connectivity index (χ0v) is 12.2. The first-order chi connectivity index (χ1) is 11.1. The normalized spacial score (nSPS) is 10.3. The Labute approximate surface area is 132 Å². The minimum absolute atomic E-state index is 0.297. The van der Waals surface area contributed by atoms with E-state index in [4.69, 9.17) is 4.74 Å². The smallest absolute Gasteiger partial charge is 0.276 e. The van der Waals surface area contributed by atoms with E-state index >= 15 is 0 Å². The van der Waals surface area contributed by atoms with Crippen LogP contribution in [0.15, 0.2) is 60.7 Å². The molecule has 0 aliphatic heterocycles. The lowest BCUT2D eigenvalue weighted by molar-refractivity contribution is -0.128. The van der Waals surface area contributed by atoms with Crippen LogP contribution in [0.5, 0.6) is 5.75 Å². The fourth-order valence-corrected chi connectivity index (χ4v) is 1.62. The lowest BCUT2D eigenvalue weighted by Crippen LogP contribution is -2.43. The second kappa shape index (κ2) is 8.33. The molecule has 0 fully saturated rings. The number of carbonyl (C=O) groups excluding carboxylic acids is 2. The van der Waals surface area contributed by atoms with Gasteiger partial charge in [-0.25, -0.2) is 4.39 Å². The van der Waals surface area contributed by atoms with Gasteiger partial charge in [-0.15, -0.1) is 0 Å². The van der Waals surface area contributed by atoms with Crippen LogP contribution >= 0.6 is 0 Å². The second-order valence-corrected chi connectivity index (χ2v) is 4.52. The van der Waals surface area contributed by atoms with E-state index in [0.717, 1.165) is 5.56 Å². The number of ether oxygens (including phenoxy) is 1. The molecular weight excluding hydrogens is 299 g/mol. The van der Waals surface area contributed by atoms with E-state index in [2.05, 4.69) is 10.9 Å². The number of hydrazine groups is 1. The molecule has 2 N–H and O–H groups in total. The molecule has 0 aliphatic rings. The molecule has 0 aromatic heterocycles. The van der Waals surface area contributed by atoms with Crippen LogP contribution in [0.2, 0.25) is 0 Å². The summed E-state index contributed by atoms with van der Waals surface area (Å²) in [4.78, 5) is 23.1. The van der Waals surface area contributed by atoms with Crippen molar-refractivity contribution in [2.75, 3.05) is 6.61 Å². The average molecular weight is 314 g/mol. The average Bonchev–Trinajstić information content (AvgIpc) is 2.58. The van der Waals surface area contributed by atoms with Crippen LogP contribution in [-0.4, -0.2) is 18.4 Å². The largest absolute Gasteiger partial charge is 0.484 e. The summed E-state index contributed by atoms with van der Waals surface area (Å²) >= 11 is 0. The minimum Gasteiger partial charge on any atom is -0.484 e. The van der Waals surface area contributed by atoms with Crippen molar-refractivity contribution >= 4 is 17.9 Å². The van der Waals surface area contributed by atoms with Gasteiger partial charge in [-0.3, -0.25) is 20.4 Å². The van der Waals surface area contributed by atoms with Crippen molar-refractivity contribution in [3.8, 4) is 5.75 Å². The molecule has 0 aliphatic carbocycles. The zero-order valence-electron chi connectivity index (χ0n) is 12.2. The zero-order chi connectivity index (χ0) is 16.5. The van der Waals surface area contributed by atoms with Crippen LogP contribution in [0, 0.1) is 5.82 Å². The molecule has 23 heavy (non-hydrogen) atoms. The van der Waals surface area contributed by atoms with Gasteiger partial charge in [0.05, 0.1) is 0 Å². The van der Waals surface area contributed by atoms with Crippen LogP contribution in [0.3, 0.4) is 0 Å². The number of halogens is 1. The van der Waals surface area contributed by atoms with Gasteiger partial charge in [0.2, 0.25) is 0 Å². The van der Waals surface area contributed by atoms with Crippen LogP contribution in [-0.2, 0) is 9.59 Å². The summed E-state index contributed by atoms with van der Waals surface area (Å²) in [5.41, 5.74) is 5.31. The lowest BCUT2D eigenvalue weighted by Gasteiger charge is -2.07. The molecule has 0 unspecified atom stereocenters. The van der Waals surface area contributed by atoms with Gasteiger partial charge in [0.15, 0.2) is 6.61 Å². The monoisotopic (exact) mass is 314 g/mol. The van der Waals surface area contributed by atoms with Gasteiger partial charge in [0.25, 0.3) is 11.8 Å². The van der Waals surface area contributed by atoms with Crippen molar-refractivity contribution in [2.45, 2.75) is 0 Å². The molecule has 0 spiro atoms. The van der Waals surface area contributed by atoms with E-state index in [-0.39, 0.29) is 12.4 Å². The van der Waals surface area contributed by atoms with Gasteiger partial charge < -0.3 is 4.74 Å². The summed E-state index contributed by atoms with van der Waals surface area (Å²) in [5, 5.41) is 0. The molecule has 2 rings (SSSR count). The molecule has 2 aromatic carbocycles. The number of carbonyl (C=O) groups is 2. The maximum Gasteiger partial charge on any atom is 0.276 e. The van der Waals surface area contributed by atoms with E-state index in [9.17, 15) is 14.0 Å². The molecule has 0 saturated carbocycles. The fourth-order valence-electron chi connectivity index (χ4n) is 1.62. The van der Waals surface area contributed by atoms with Crippen LogP contribution < -0.4 is 15.6 Å². The number of benzene rings is 2. The minimum atomic E-state index is -0.532. The van der Waals surface area contributed by atoms with Crippen molar-refractivity contribution in [3.63, 3.8) is 0 Å². The molecule has 0 bridgehead atoms. The summed E-state index contributed by atoms with van der Waals surface area (Å²) in [6.07, 6.45) is 2.92. The molecule has 6 heteroatoms. The van der Waals surface area contributed by atoms with Gasteiger partial charge in [-0.05, 0) is 35.9 Å². The summed E-state index contributed by atoms with van der Waals surface area (Å²) in [7, 11) is 0. The first-order valence-electron chi connectivity index (χ1n) is 6.84. The van der Waals surface area contributed by atoms with Crippen LogP contribution in [0.25, 0.3) is 6.08 Å². The van der Waals surface area contributed by atoms with E-state index in [1.165, 1.54) is 30.3 Å². The van der Waals surface area contributed by atoms with Gasteiger partial charge in [0, 0.05) is 6.08 Å². The highest BCUT2D eigenvalue weighted by Crippen LogP contribution is 2.10. The highest BCUT2D eigenvalue weighted by atomic mass is 19.1. The van der Waals surface area contributed by atoms with E-state index in [0.29, 0.717) is 5.75 Å². The third-order valence-corrected chi connectivity index (χ3v) is 2.74. The van der Waals surface area contributed by atoms with E-state index in [1.807, 2.05) is 30.3 Å². The van der Waals surface area contributed by atoms with Gasteiger partial charge in [-0.2, -0.15) is 0 Å². The molecular formula is C17H15FN2O3. The molecule has 2 amide bonds. The Bertz CT molecular complexity index is 685. The number of amides is 2. The SMILES string of the molecule is O=C(/C=C/c1ccccc1)NNC(=O)COc1ccc(F)cc1. The van der Waals surface area contributed by atoms with Crippen molar-refractivity contribution in [2.24, 2.45) is 0 Å². The molecule has 2 aromatic rings. The highest BCUT2D eigenvalue weighted by Gasteiger charge is 2.04. The number of nitrogens with one attached hydrogen (secondary N) is 2. The van der Waals surface area contributed by atoms with Crippen LogP contribution in [0.4, 0.5) is 4.39 Å². The van der Waals surface area contributed by atoms with E-state index in [1.54, 1.807) is 6.08 Å². The third kappa shape index (κ3) is 6.01. The maximum absolute atomic E-state index is 12.7. The molecule has 0 atom stereocenters. The summed E-state index contributed by atoms with van der Waals surface area (Å²) in [5.74, 6) is -1.03. The quantitative estimate of drug-likeness (QED) is 0.656. The Hall–Kier alpha value is -3.15. The Kier molecular flexibility index (Phi) is 5.88. The Morgan fingerprint density at radius 2 is 1.70 bits per heavy atom. The van der Waals surface area contributed by atoms with Crippen molar-refractivity contribution in [3.05, 3.63) is 72.1 Å². The molecule has 118 valence electrons. The highest BCUT2D eigenvalue weighted by molar-refractivity contribution is 5.93. The molecule has 0 saturated heterocycles. The summed E-state index contributed by atoms with van der Waals surface area (Å²) in [6, 6.07) is 14.5. The molecule has 0 radical (unpaired) electrons. The van der Waals surface area contributed by atoms with Gasteiger partial charge >= 0.3 is 0 Å². The predicted octanol–water partition coefficient (Wildman–Crippen LogP) is 2.07. The van der Waals surface area contributed by atoms with Crippen molar-refractivity contribution in [1.82, 2.24) is 10.9 Å². The Balaban J connectivity index is 1.70. The predicted molar refractivity (Wildman–Crippen MR) is 83.7 cm³/mol. The standard InChI is InChI=1S/C17H15FN2O3/c18-14-7-9-15(10-8-14)23-12-17(22)20-19-16(21)11-6-13-4-2-1-3-5-13/h1-11H,12H2,(H,19,21)(H,20,22)/b11-6+. The van der Waals surface area contributed by atoms with Crippen molar-refractivity contribution < 1.29 is 18.7 Å². The van der Waals surface area contributed by atoms with Crippen molar-refractivity contribution in [1.29, 1.82) is 0 Å². The third-order valence-electron chi connectivity index (χ3n) is 2.74. The summed E-state index contributed by atoms with van der Waals surface area (Å²) in [6.45, 7) is -0.297. The molecule has 5 nitrogen and oxygen atoms in total. The van der Waals surface area contributed by atoms with Gasteiger partial charge in [-0.1, -0.05) is 30.3 Å². The van der Waals surface area contributed by atoms with E-state index < -0.39 is 11.8 Å². The number of rotatable bonds is 5. The lowest BCUT2D eigenvalue weighted by atomic mass is 10.2. The number of hydrogen-bond acceptors (Lipinski definition) is 3. The first kappa shape index (κ1) is 16.2. The Morgan fingerprint density at radius 3 is 2.39 bits per heavy atom. The first-order valence-corrected chi connectivity index (χ1v) is 6.84. The van der Waals surface area contributed by atoms with Gasteiger partial charge in [0.1, 0.15) is 11.6 Å². The van der Waals surface area contributed by atoms with Crippen LogP contribution in [0.1, 0.15) is 5.56 Å². The number of hydrogen-bond donors (Lipinski definition) is 2. The molecule has 0 heterocycles. The topological polar surface area (TPSA) is 67.4 Å². The second-order valence-electron chi connectivity index (χ2n) is 4.52.